The largest absolute Gasteiger partial charge is 0.343 e. The van der Waals surface area contributed by atoms with Crippen molar-refractivity contribution in [1.82, 2.24) is 9.55 Å². The van der Waals surface area contributed by atoms with Gasteiger partial charge in [0, 0.05) is 0 Å². The Morgan fingerprint density at radius 2 is 2.22 bits per heavy atom. The minimum Gasteiger partial charge on any atom is -0.343 e. The number of ether oxygens (including phenoxy) is 2. The van der Waals surface area contributed by atoms with Gasteiger partial charge in [-0.3, -0.25) is 4.57 Å². The Balaban J connectivity index is 1.96. The lowest BCUT2D eigenvalue weighted by atomic mass is 10.0. The molecule has 0 bridgehead atoms. The number of hydrogen-bond acceptors (Lipinski definition) is 3. The minimum absolute atomic E-state index is 0.0971. The molecule has 18 heavy (non-hydrogen) atoms. The molecular formula is C14H12N2O2. The fraction of sp³-hybridized carbons (Fsp3) is 0.214. The molecule has 4 nitrogen and oxygen atoms in total. The Morgan fingerprint density at radius 3 is 3.22 bits per heavy atom. The van der Waals surface area contributed by atoms with Crippen molar-refractivity contribution in [2.24, 2.45) is 0 Å². The van der Waals surface area contributed by atoms with Gasteiger partial charge in [0.05, 0.1) is 17.4 Å². The van der Waals surface area contributed by atoms with E-state index in [1.807, 2.05) is 59.5 Å². The third-order valence-corrected chi connectivity index (χ3v) is 3.51. The summed E-state index contributed by atoms with van der Waals surface area (Å²) in [6.45, 7) is 0.297. The average molecular weight is 240 g/mol. The second-order valence-electron chi connectivity index (χ2n) is 4.45. The molecular weight excluding hydrogens is 228 g/mol. The van der Waals surface area contributed by atoms with Gasteiger partial charge in [0.15, 0.2) is 12.5 Å². The quantitative estimate of drug-likeness (QED) is 0.766. The summed E-state index contributed by atoms with van der Waals surface area (Å²) in [5.74, 6) is 0. The monoisotopic (exact) mass is 240 g/mol. The molecule has 1 aliphatic carbocycles. The van der Waals surface area contributed by atoms with E-state index in [9.17, 15) is 0 Å². The lowest BCUT2D eigenvalue weighted by molar-refractivity contribution is -0.0259. The number of imidazole rings is 1. The molecule has 2 atom stereocenters. The fourth-order valence-electron chi connectivity index (χ4n) is 2.62. The first-order valence-electron chi connectivity index (χ1n) is 5.94. The van der Waals surface area contributed by atoms with Gasteiger partial charge >= 0.3 is 0 Å². The second kappa shape index (κ2) is 3.54. The highest BCUT2D eigenvalue weighted by Crippen LogP contribution is 2.37. The average Bonchev–Trinajstić information content (AvgIpc) is 3.03. The molecule has 1 aliphatic heterocycles. The van der Waals surface area contributed by atoms with E-state index in [-0.39, 0.29) is 6.10 Å². The highest BCUT2D eigenvalue weighted by Gasteiger charge is 2.45. The lowest BCUT2D eigenvalue weighted by Gasteiger charge is -2.31. The predicted octanol–water partition coefficient (Wildman–Crippen LogP) is 2.19. The van der Waals surface area contributed by atoms with Crippen LogP contribution in [-0.2, 0) is 15.2 Å². The zero-order chi connectivity index (χ0) is 12.0. The van der Waals surface area contributed by atoms with Crippen LogP contribution < -0.4 is 0 Å². The minimum atomic E-state index is -0.592. The smallest absolute Gasteiger partial charge is 0.198 e. The topological polar surface area (TPSA) is 36.3 Å². The molecule has 1 aromatic carbocycles. The maximum Gasteiger partial charge on any atom is 0.198 e. The molecule has 0 radical (unpaired) electrons. The Labute approximate surface area is 104 Å². The summed E-state index contributed by atoms with van der Waals surface area (Å²) >= 11 is 0. The van der Waals surface area contributed by atoms with Crippen LogP contribution in [0.5, 0.6) is 0 Å². The number of para-hydroxylation sites is 2. The number of nitrogens with zero attached hydrogens (tertiary/aromatic N) is 2. The number of aromatic nitrogens is 2. The zero-order valence-electron chi connectivity index (χ0n) is 9.69. The SMILES string of the molecule is C1=CC2OCOC2(n2cnc3ccccc32)C=C1. The van der Waals surface area contributed by atoms with Crippen LogP contribution in [0.4, 0.5) is 0 Å². The summed E-state index contributed by atoms with van der Waals surface area (Å²) in [5.41, 5.74) is 1.42. The molecule has 2 heterocycles. The van der Waals surface area contributed by atoms with E-state index in [2.05, 4.69) is 4.98 Å². The predicted molar refractivity (Wildman–Crippen MR) is 66.8 cm³/mol. The van der Waals surface area contributed by atoms with Gasteiger partial charge in [0.1, 0.15) is 6.10 Å². The summed E-state index contributed by atoms with van der Waals surface area (Å²) in [4.78, 5) is 4.42. The van der Waals surface area contributed by atoms with Crippen LogP contribution >= 0.6 is 0 Å². The van der Waals surface area contributed by atoms with E-state index in [1.165, 1.54) is 0 Å². The summed E-state index contributed by atoms with van der Waals surface area (Å²) in [6.07, 6.45) is 9.73. The molecule has 90 valence electrons. The number of fused-ring (bicyclic) bond motifs is 2. The van der Waals surface area contributed by atoms with Crippen molar-refractivity contribution in [2.45, 2.75) is 11.8 Å². The first-order valence-corrected chi connectivity index (χ1v) is 5.94. The Bertz CT molecular complexity index is 659. The summed E-state index contributed by atoms with van der Waals surface area (Å²) in [6, 6.07) is 8.03. The van der Waals surface area contributed by atoms with E-state index >= 15 is 0 Å². The van der Waals surface area contributed by atoms with Crippen LogP contribution in [-0.4, -0.2) is 22.4 Å². The summed E-state index contributed by atoms with van der Waals surface area (Å²) in [5, 5.41) is 0. The van der Waals surface area contributed by atoms with Gasteiger partial charge < -0.3 is 9.47 Å². The van der Waals surface area contributed by atoms with Crippen molar-refractivity contribution < 1.29 is 9.47 Å². The van der Waals surface area contributed by atoms with Crippen LogP contribution in [0.2, 0.25) is 0 Å². The van der Waals surface area contributed by atoms with Crippen molar-refractivity contribution in [1.29, 1.82) is 0 Å². The first kappa shape index (κ1) is 10.1. The van der Waals surface area contributed by atoms with E-state index < -0.39 is 5.72 Å². The molecule has 4 heteroatoms. The van der Waals surface area contributed by atoms with Gasteiger partial charge in [-0.05, 0) is 18.2 Å². The van der Waals surface area contributed by atoms with Gasteiger partial charge in [-0.1, -0.05) is 30.4 Å². The molecule has 2 aliphatic rings. The molecule has 1 saturated heterocycles. The molecule has 0 amide bonds. The van der Waals surface area contributed by atoms with Crippen molar-refractivity contribution in [2.75, 3.05) is 6.79 Å². The molecule has 0 N–H and O–H groups in total. The van der Waals surface area contributed by atoms with E-state index in [1.54, 1.807) is 0 Å². The second-order valence-corrected chi connectivity index (χ2v) is 4.45. The normalized spacial score (nSPS) is 29.9. The van der Waals surface area contributed by atoms with Crippen LogP contribution in [0.1, 0.15) is 0 Å². The molecule has 0 spiro atoms. The maximum absolute atomic E-state index is 5.86. The standard InChI is InChI=1S/C14H12N2O2/c1-2-6-12-11(5-1)15-9-16(12)14-8-4-3-7-13(14)17-10-18-14/h1-9,13H,10H2. The van der Waals surface area contributed by atoms with Crippen molar-refractivity contribution in [3.8, 4) is 0 Å². The van der Waals surface area contributed by atoms with Crippen LogP contribution in [0.15, 0.2) is 54.9 Å². The third kappa shape index (κ3) is 1.19. The highest BCUT2D eigenvalue weighted by molar-refractivity contribution is 5.75. The fourth-order valence-corrected chi connectivity index (χ4v) is 2.62. The van der Waals surface area contributed by atoms with Crippen molar-refractivity contribution in [3.63, 3.8) is 0 Å². The van der Waals surface area contributed by atoms with Crippen LogP contribution in [0, 0.1) is 0 Å². The van der Waals surface area contributed by atoms with Gasteiger partial charge in [0.2, 0.25) is 0 Å². The molecule has 2 aromatic rings. The van der Waals surface area contributed by atoms with Gasteiger partial charge in [-0.25, -0.2) is 4.98 Å². The van der Waals surface area contributed by atoms with Gasteiger partial charge in [0.25, 0.3) is 0 Å². The molecule has 1 fully saturated rings. The maximum atomic E-state index is 5.86. The zero-order valence-corrected chi connectivity index (χ0v) is 9.69. The van der Waals surface area contributed by atoms with Crippen LogP contribution in [0.3, 0.4) is 0 Å². The Hall–Kier alpha value is -1.91. The number of benzene rings is 1. The Morgan fingerprint density at radius 1 is 1.28 bits per heavy atom. The molecule has 1 aromatic heterocycles. The van der Waals surface area contributed by atoms with Crippen molar-refractivity contribution >= 4 is 11.0 Å². The van der Waals surface area contributed by atoms with Gasteiger partial charge in [-0.2, -0.15) is 0 Å². The van der Waals surface area contributed by atoms with Gasteiger partial charge in [-0.15, -0.1) is 0 Å². The van der Waals surface area contributed by atoms with E-state index in [4.69, 9.17) is 9.47 Å². The molecule has 0 saturated carbocycles. The lowest BCUT2D eigenvalue weighted by Crippen LogP contribution is -2.40. The van der Waals surface area contributed by atoms with Crippen LogP contribution in [0.25, 0.3) is 11.0 Å². The van der Waals surface area contributed by atoms with Crippen molar-refractivity contribution in [3.05, 3.63) is 54.9 Å². The number of hydrogen-bond donors (Lipinski definition) is 0. The van der Waals surface area contributed by atoms with E-state index in [0.717, 1.165) is 11.0 Å². The third-order valence-electron chi connectivity index (χ3n) is 3.51. The highest BCUT2D eigenvalue weighted by atomic mass is 16.7. The molecule has 2 unspecified atom stereocenters. The first-order chi connectivity index (χ1) is 8.90. The molecule has 4 rings (SSSR count). The summed E-state index contributed by atoms with van der Waals surface area (Å²) < 4.78 is 13.5. The Kier molecular flexibility index (Phi) is 1.98. The number of rotatable bonds is 1. The number of allylic oxidation sites excluding steroid dienone is 2. The van der Waals surface area contributed by atoms with E-state index in [0.29, 0.717) is 6.79 Å². The summed E-state index contributed by atoms with van der Waals surface area (Å²) in [7, 11) is 0.